The Hall–Kier alpha value is -1.70. The van der Waals surface area contributed by atoms with Crippen LogP contribution in [0.4, 0.5) is 0 Å². The second-order valence-corrected chi connectivity index (χ2v) is 27.6. The summed E-state index contributed by atoms with van der Waals surface area (Å²) in [6.45, 7) is 32.7. The highest BCUT2D eigenvalue weighted by atomic mass is 32.2. The van der Waals surface area contributed by atoms with Crippen LogP contribution >= 0.6 is 23.5 Å². The topological polar surface area (TPSA) is 134 Å². The fourth-order valence-corrected chi connectivity index (χ4v) is 18.9. The highest BCUT2D eigenvalue weighted by Gasteiger charge is 2.70. The third-order valence-corrected chi connectivity index (χ3v) is 24.5. The second-order valence-electron chi connectivity index (χ2n) is 25.2. The first-order valence-corrected chi connectivity index (χ1v) is 29.9. The Morgan fingerprint density at radius 3 is 1.56 bits per heavy atom. The van der Waals surface area contributed by atoms with Crippen molar-refractivity contribution in [2.24, 2.45) is 68.0 Å². The first kappa shape index (κ1) is 56.0. The summed E-state index contributed by atoms with van der Waals surface area (Å²) in [7, 11) is 2.24. The molecule has 0 amide bonds. The molecular formula is C58H94N2O8S2. The number of rotatable bonds is 14. The molecule has 12 heteroatoms. The molecule has 0 aromatic rings. The Morgan fingerprint density at radius 1 is 0.714 bits per heavy atom. The summed E-state index contributed by atoms with van der Waals surface area (Å²) in [4.78, 5) is 58.3. The number of hydrogen-bond donors (Lipinski definition) is 2. The van der Waals surface area contributed by atoms with Gasteiger partial charge in [-0.2, -0.15) is 0 Å². The molecule has 2 saturated heterocycles. The molecule has 10 nitrogen and oxygen atoms in total. The third-order valence-electron chi connectivity index (χ3n) is 22.3. The van der Waals surface area contributed by atoms with Gasteiger partial charge in [0.05, 0.1) is 23.7 Å². The summed E-state index contributed by atoms with van der Waals surface area (Å²) in [5.74, 6) is 1.98. The summed E-state index contributed by atoms with van der Waals surface area (Å²) in [5.41, 5.74) is -2.49. The number of aliphatic hydroxyl groups excluding tert-OH is 2. The third kappa shape index (κ3) is 9.63. The summed E-state index contributed by atoms with van der Waals surface area (Å²) in [6, 6.07) is 1.31. The molecule has 8 rings (SSSR count). The van der Waals surface area contributed by atoms with E-state index >= 15 is 0 Å². The van der Waals surface area contributed by atoms with Gasteiger partial charge in [-0.05, 0) is 132 Å². The van der Waals surface area contributed by atoms with Gasteiger partial charge in [-0.25, -0.2) is 0 Å². The number of ketones is 2. The first-order chi connectivity index (χ1) is 33.0. The zero-order valence-electron chi connectivity index (χ0n) is 45.3. The van der Waals surface area contributed by atoms with E-state index in [2.05, 4.69) is 92.3 Å². The number of aliphatic hydroxyl groups is 2. The van der Waals surface area contributed by atoms with Crippen LogP contribution in [-0.4, -0.2) is 129 Å². The lowest BCUT2D eigenvalue weighted by Gasteiger charge is -2.61. The van der Waals surface area contributed by atoms with Crippen molar-refractivity contribution in [3.63, 3.8) is 0 Å². The fourth-order valence-electron chi connectivity index (χ4n) is 17.0. The molecule has 2 heterocycles. The smallest absolute Gasteiger partial charge is 0.316 e. The van der Waals surface area contributed by atoms with Gasteiger partial charge in [0, 0.05) is 76.0 Å². The van der Waals surface area contributed by atoms with E-state index in [0.29, 0.717) is 66.1 Å². The fraction of sp³-hybridized carbons (Fsp3) is 0.862. The van der Waals surface area contributed by atoms with Crippen LogP contribution in [0.2, 0.25) is 0 Å². The van der Waals surface area contributed by atoms with Crippen molar-refractivity contribution in [1.82, 2.24) is 9.80 Å². The molecule has 0 spiro atoms. The highest BCUT2D eigenvalue weighted by molar-refractivity contribution is 8.00. The lowest BCUT2D eigenvalue weighted by molar-refractivity contribution is -0.205. The highest BCUT2D eigenvalue weighted by Crippen LogP contribution is 2.70. The van der Waals surface area contributed by atoms with Crippen molar-refractivity contribution in [1.29, 1.82) is 0 Å². The van der Waals surface area contributed by atoms with Gasteiger partial charge in [0.1, 0.15) is 23.8 Å². The van der Waals surface area contributed by atoms with E-state index in [1.807, 2.05) is 19.1 Å². The molecule has 70 heavy (non-hydrogen) atoms. The monoisotopic (exact) mass is 1010 g/mol. The Balaban J connectivity index is 0.000000207. The molecule has 0 aromatic carbocycles. The molecule has 0 aromatic heterocycles. The average Bonchev–Trinajstić information content (AvgIpc) is 3.94. The van der Waals surface area contributed by atoms with Crippen LogP contribution < -0.4 is 0 Å². The van der Waals surface area contributed by atoms with E-state index in [-0.39, 0.29) is 58.3 Å². The number of thioether (sulfide) groups is 2. The second kappa shape index (κ2) is 21.5. The summed E-state index contributed by atoms with van der Waals surface area (Å²) >= 11 is 3.38. The van der Waals surface area contributed by atoms with Gasteiger partial charge in [-0.15, -0.1) is 36.7 Å². The SMILES string of the molecule is C=C[C@]1(C)C[C@@H](OC(=O)CSC2CC3CC[C@H](C2)N3C)C2(C)C(C)CCC3(CCC(=O)C32)[C@@H](C)[C@@H]1O.C=C[C@]1(C)C[C@@H](OC(=O)CSCCN(CC)CC)C2(C)C(C)CCC3(CCC(=O)C32)[C@@H](C)[C@@H]1O. The molecular weight excluding hydrogens is 917 g/mol. The van der Waals surface area contributed by atoms with Gasteiger partial charge >= 0.3 is 11.9 Å². The molecule has 6 bridgehead atoms. The van der Waals surface area contributed by atoms with Crippen LogP contribution in [0, 0.1) is 68.0 Å². The number of nitrogens with zero attached hydrogens (tertiary/aromatic N) is 2. The summed E-state index contributed by atoms with van der Waals surface area (Å²) in [6.07, 6.45) is 14.2. The van der Waals surface area contributed by atoms with Crippen molar-refractivity contribution in [2.75, 3.05) is 43.9 Å². The minimum absolute atomic E-state index is 0.00390. The molecule has 2 N–H and O–H groups in total. The molecule has 10 unspecified atom stereocenters. The number of esters is 2. The maximum atomic E-state index is 13.5. The maximum Gasteiger partial charge on any atom is 0.316 e. The molecule has 2 aliphatic heterocycles. The average molecular weight is 1010 g/mol. The van der Waals surface area contributed by atoms with E-state index in [1.54, 1.807) is 23.5 Å². The number of Topliss-reactive ketones (excluding diaryl/α,β-unsaturated/α-hetero) is 2. The van der Waals surface area contributed by atoms with Gasteiger partial charge in [0.15, 0.2) is 0 Å². The van der Waals surface area contributed by atoms with E-state index < -0.39 is 46.1 Å². The van der Waals surface area contributed by atoms with Crippen LogP contribution in [0.25, 0.3) is 0 Å². The Bertz CT molecular complexity index is 1930. The Labute approximate surface area is 431 Å². The predicted molar refractivity (Wildman–Crippen MR) is 284 cm³/mol. The van der Waals surface area contributed by atoms with E-state index in [1.165, 1.54) is 12.8 Å². The molecule has 6 aliphatic carbocycles. The Morgan fingerprint density at radius 2 is 1.14 bits per heavy atom. The van der Waals surface area contributed by atoms with Gasteiger partial charge < -0.3 is 29.5 Å². The first-order valence-electron chi connectivity index (χ1n) is 27.7. The van der Waals surface area contributed by atoms with Crippen LogP contribution in [0.5, 0.6) is 0 Å². The maximum absolute atomic E-state index is 13.5. The molecule has 396 valence electrons. The molecule has 8 aliphatic rings. The number of ether oxygens (including phenoxy) is 2. The van der Waals surface area contributed by atoms with Gasteiger partial charge in [0.2, 0.25) is 0 Å². The van der Waals surface area contributed by atoms with E-state index in [9.17, 15) is 29.4 Å². The largest absolute Gasteiger partial charge is 0.461 e. The zero-order valence-corrected chi connectivity index (χ0v) is 46.9. The minimum Gasteiger partial charge on any atom is -0.461 e. The molecule has 8 fully saturated rings. The minimum atomic E-state index is -0.624. The van der Waals surface area contributed by atoms with E-state index in [4.69, 9.17) is 9.47 Å². The molecule has 6 saturated carbocycles. The van der Waals surface area contributed by atoms with Gasteiger partial charge in [-0.3, -0.25) is 19.2 Å². The lowest BCUT2D eigenvalue weighted by Crippen LogP contribution is -2.63. The van der Waals surface area contributed by atoms with Crippen LogP contribution in [-0.2, 0) is 28.7 Å². The lowest BCUT2D eigenvalue weighted by atomic mass is 9.44. The number of piperidine rings is 1. The number of carbonyl (C=O) groups excluding carboxylic acids is 4. The quantitative estimate of drug-likeness (QED) is 0.0975. The zero-order chi connectivity index (χ0) is 51.4. The predicted octanol–water partition coefficient (Wildman–Crippen LogP) is 10.2. The van der Waals surface area contributed by atoms with Crippen molar-refractivity contribution in [2.45, 2.75) is 201 Å². The molecule has 19 atom stereocenters. The normalized spacial score (nSPS) is 46.6. The number of hydrogen-bond acceptors (Lipinski definition) is 12. The van der Waals surface area contributed by atoms with Gasteiger partial charge in [0.25, 0.3) is 0 Å². The van der Waals surface area contributed by atoms with Crippen molar-refractivity contribution >= 4 is 47.0 Å². The summed E-state index contributed by atoms with van der Waals surface area (Å²) in [5, 5.41) is 23.8. The van der Waals surface area contributed by atoms with Crippen molar-refractivity contribution < 1.29 is 38.9 Å². The van der Waals surface area contributed by atoms with Crippen LogP contribution in [0.3, 0.4) is 0 Å². The Kier molecular flexibility index (Phi) is 17.2. The van der Waals surface area contributed by atoms with Crippen LogP contribution in [0.15, 0.2) is 25.3 Å². The van der Waals surface area contributed by atoms with Crippen LogP contribution in [0.1, 0.15) is 159 Å². The molecule has 0 radical (unpaired) electrons. The standard InChI is InChI=1S/C30H47NO4S.C28H47NO4S/c1-7-28(4)16-24(35-25(33)17-36-22-14-20-8-9-21(15-22)31(20)6)29(5)18(2)10-12-30(19(3)27(28)34)13-11-23(32)26(29)30;1-8-26(6)17-22(33-23(31)18-34-16-15-29(9-2)10-3)27(7)19(4)11-13-28(20(5)25(26)32)14-12-21(30)24(27)28/h7,18-22,24,26-27,34H,1,8-17H2,2-6H3;8,19-20,22,24-25,32H,1,9-18H2,2-7H3/t18?,19-,20+,21?,22?,24+,26?,27-,28+,29?,30?;19?,20-,22+,24?,25-,26+,27?,28?/m00/s1. The van der Waals surface area contributed by atoms with Gasteiger partial charge in [-0.1, -0.05) is 81.4 Å². The van der Waals surface area contributed by atoms with E-state index in [0.717, 1.165) is 76.8 Å². The number of fused-ring (bicyclic) bond motifs is 2. The summed E-state index contributed by atoms with van der Waals surface area (Å²) < 4.78 is 12.7. The van der Waals surface area contributed by atoms with Crippen molar-refractivity contribution in [3.8, 4) is 0 Å². The number of carbonyl (C=O) groups is 4. The van der Waals surface area contributed by atoms with Crippen molar-refractivity contribution in [3.05, 3.63) is 25.3 Å².